The SMILES string of the molecule is COC(=O)CC1(O)C(=O)C(C(=O)c2ccc(OC)cc2)=C(c2ccc(OC)cc2)N1c1ccccc1. The van der Waals surface area contributed by atoms with E-state index in [9.17, 15) is 19.5 Å². The van der Waals surface area contributed by atoms with E-state index in [4.69, 9.17) is 14.2 Å². The van der Waals surface area contributed by atoms with Crippen LogP contribution in [0.1, 0.15) is 22.3 Å². The maximum absolute atomic E-state index is 13.9. The van der Waals surface area contributed by atoms with Gasteiger partial charge in [-0.25, -0.2) is 0 Å². The number of benzene rings is 3. The molecule has 36 heavy (non-hydrogen) atoms. The van der Waals surface area contributed by atoms with Gasteiger partial charge in [-0.1, -0.05) is 18.2 Å². The van der Waals surface area contributed by atoms with Crippen LogP contribution in [0.2, 0.25) is 0 Å². The Bertz CT molecular complexity index is 1310. The molecular weight excluding hydrogens is 462 g/mol. The maximum Gasteiger partial charge on any atom is 0.310 e. The van der Waals surface area contributed by atoms with E-state index in [1.54, 1.807) is 66.7 Å². The van der Waals surface area contributed by atoms with Gasteiger partial charge in [0.05, 0.1) is 32.6 Å². The average molecular weight is 488 g/mol. The minimum atomic E-state index is -2.39. The predicted octanol–water partition coefficient (Wildman–Crippen LogP) is 3.64. The van der Waals surface area contributed by atoms with E-state index in [1.165, 1.54) is 38.4 Å². The first kappa shape index (κ1) is 24.7. The lowest BCUT2D eigenvalue weighted by molar-refractivity contribution is -0.150. The van der Waals surface area contributed by atoms with Crippen LogP contribution in [-0.4, -0.2) is 49.7 Å². The summed E-state index contributed by atoms with van der Waals surface area (Å²) in [7, 11) is 4.20. The molecule has 1 unspecified atom stereocenters. The number of Topliss-reactive ketones (excluding diaryl/α,β-unsaturated/α-hetero) is 2. The maximum atomic E-state index is 13.9. The number of anilines is 1. The molecule has 8 heteroatoms. The van der Waals surface area contributed by atoms with Gasteiger partial charge in [-0.2, -0.15) is 0 Å². The highest BCUT2D eigenvalue weighted by atomic mass is 16.5. The van der Waals surface area contributed by atoms with Crippen molar-refractivity contribution in [2.24, 2.45) is 0 Å². The number of hydrogen-bond donors (Lipinski definition) is 1. The molecular formula is C28H25NO7. The summed E-state index contributed by atoms with van der Waals surface area (Å²) in [4.78, 5) is 41.3. The zero-order valence-corrected chi connectivity index (χ0v) is 20.1. The molecule has 1 aliphatic heterocycles. The third kappa shape index (κ3) is 4.34. The molecule has 4 rings (SSSR count). The van der Waals surface area contributed by atoms with Crippen LogP contribution in [0.3, 0.4) is 0 Å². The lowest BCUT2D eigenvalue weighted by Crippen LogP contribution is -2.51. The number of para-hydroxylation sites is 1. The largest absolute Gasteiger partial charge is 0.497 e. The smallest absolute Gasteiger partial charge is 0.310 e. The van der Waals surface area contributed by atoms with Crippen molar-refractivity contribution < 1.29 is 33.7 Å². The van der Waals surface area contributed by atoms with Gasteiger partial charge < -0.3 is 24.2 Å². The molecule has 0 bridgehead atoms. The highest BCUT2D eigenvalue weighted by molar-refractivity contribution is 6.37. The van der Waals surface area contributed by atoms with Crippen LogP contribution >= 0.6 is 0 Å². The molecule has 0 aromatic heterocycles. The van der Waals surface area contributed by atoms with E-state index in [1.807, 2.05) is 0 Å². The second-order valence-electron chi connectivity index (χ2n) is 8.08. The molecule has 1 heterocycles. The number of ketones is 2. The fourth-order valence-electron chi connectivity index (χ4n) is 4.18. The fourth-order valence-corrected chi connectivity index (χ4v) is 4.18. The summed E-state index contributed by atoms with van der Waals surface area (Å²) in [6.45, 7) is 0. The Morgan fingerprint density at radius 3 is 1.92 bits per heavy atom. The molecule has 0 fully saturated rings. The topological polar surface area (TPSA) is 102 Å². The van der Waals surface area contributed by atoms with Crippen molar-refractivity contribution >= 4 is 28.9 Å². The summed E-state index contributed by atoms with van der Waals surface area (Å²) in [6, 6.07) is 21.6. The second-order valence-corrected chi connectivity index (χ2v) is 8.08. The van der Waals surface area contributed by atoms with Crippen molar-refractivity contribution in [1.29, 1.82) is 0 Å². The van der Waals surface area contributed by atoms with Gasteiger partial charge in [0.1, 0.15) is 17.9 Å². The van der Waals surface area contributed by atoms with E-state index >= 15 is 0 Å². The van der Waals surface area contributed by atoms with Crippen LogP contribution in [0.25, 0.3) is 5.70 Å². The fraction of sp³-hybridized carbons (Fsp3) is 0.179. The highest BCUT2D eigenvalue weighted by Crippen LogP contribution is 2.45. The number of methoxy groups -OCH3 is 3. The molecule has 3 aromatic rings. The Kier molecular flexibility index (Phi) is 6.89. The van der Waals surface area contributed by atoms with Crippen LogP contribution in [0.5, 0.6) is 11.5 Å². The lowest BCUT2D eigenvalue weighted by atomic mass is 9.93. The molecule has 0 saturated carbocycles. The van der Waals surface area contributed by atoms with E-state index < -0.39 is 29.7 Å². The third-order valence-corrected chi connectivity index (χ3v) is 6.00. The second kappa shape index (κ2) is 10.1. The third-order valence-electron chi connectivity index (χ3n) is 6.00. The zero-order valence-electron chi connectivity index (χ0n) is 20.1. The summed E-state index contributed by atoms with van der Waals surface area (Å²) in [5.74, 6) is -1.19. The van der Waals surface area contributed by atoms with E-state index in [0.717, 1.165) is 0 Å². The monoisotopic (exact) mass is 487 g/mol. The number of esters is 1. The van der Waals surface area contributed by atoms with Crippen LogP contribution < -0.4 is 14.4 Å². The molecule has 0 saturated heterocycles. The van der Waals surface area contributed by atoms with Gasteiger partial charge in [0.15, 0.2) is 5.78 Å². The van der Waals surface area contributed by atoms with Gasteiger partial charge in [-0.3, -0.25) is 14.4 Å². The lowest BCUT2D eigenvalue weighted by Gasteiger charge is -2.35. The Morgan fingerprint density at radius 2 is 1.39 bits per heavy atom. The van der Waals surface area contributed by atoms with E-state index in [-0.39, 0.29) is 16.8 Å². The molecule has 0 aliphatic carbocycles. The van der Waals surface area contributed by atoms with Gasteiger partial charge >= 0.3 is 5.97 Å². The molecule has 0 amide bonds. The molecule has 184 valence electrons. The summed E-state index contributed by atoms with van der Waals surface area (Å²) in [5, 5.41) is 11.8. The molecule has 1 atom stereocenters. The van der Waals surface area contributed by atoms with Crippen LogP contribution in [0, 0.1) is 0 Å². The summed E-state index contributed by atoms with van der Waals surface area (Å²) >= 11 is 0. The van der Waals surface area contributed by atoms with Crippen LogP contribution in [0.4, 0.5) is 5.69 Å². The van der Waals surface area contributed by atoms with Gasteiger partial charge in [0.2, 0.25) is 11.5 Å². The van der Waals surface area contributed by atoms with Gasteiger partial charge in [-0.15, -0.1) is 0 Å². The number of aliphatic hydroxyl groups is 1. The first-order valence-corrected chi connectivity index (χ1v) is 11.1. The summed E-state index contributed by atoms with van der Waals surface area (Å²) in [6.07, 6.45) is -0.684. The number of ether oxygens (including phenoxy) is 3. The number of nitrogens with zero attached hydrogens (tertiary/aromatic N) is 1. The van der Waals surface area contributed by atoms with Crippen molar-refractivity contribution in [2.75, 3.05) is 26.2 Å². The molecule has 1 aliphatic rings. The number of rotatable bonds is 8. The molecule has 8 nitrogen and oxygen atoms in total. The number of hydrogen-bond acceptors (Lipinski definition) is 8. The molecule has 1 N–H and O–H groups in total. The average Bonchev–Trinajstić information content (AvgIpc) is 3.15. The highest BCUT2D eigenvalue weighted by Gasteiger charge is 2.56. The normalized spacial score (nSPS) is 17.2. The molecule has 0 radical (unpaired) electrons. The quantitative estimate of drug-likeness (QED) is 0.292. The van der Waals surface area contributed by atoms with Gasteiger partial charge in [0, 0.05) is 11.3 Å². The van der Waals surface area contributed by atoms with Crippen LogP contribution in [-0.2, 0) is 14.3 Å². The predicted molar refractivity (Wildman–Crippen MR) is 133 cm³/mol. The van der Waals surface area contributed by atoms with Crippen LogP contribution in [0.15, 0.2) is 84.4 Å². The van der Waals surface area contributed by atoms with Gasteiger partial charge in [0.25, 0.3) is 0 Å². The van der Waals surface area contributed by atoms with Crippen molar-refractivity contribution in [3.05, 3.63) is 95.6 Å². The zero-order chi connectivity index (χ0) is 25.9. The summed E-state index contributed by atoms with van der Waals surface area (Å²) < 4.78 is 15.2. The number of carbonyl (C=O) groups is 3. The van der Waals surface area contributed by atoms with Crippen molar-refractivity contribution in [3.63, 3.8) is 0 Å². The van der Waals surface area contributed by atoms with Crippen molar-refractivity contribution in [2.45, 2.75) is 12.1 Å². The minimum absolute atomic E-state index is 0.168. The Balaban J connectivity index is 1.98. The molecule has 0 spiro atoms. The van der Waals surface area contributed by atoms with Crippen molar-refractivity contribution in [3.8, 4) is 11.5 Å². The first-order valence-electron chi connectivity index (χ1n) is 11.1. The standard InChI is InChI=1S/C28H25NO7/c1-34-21-13-9-18(10-14-21)25-24(26(31)19-11-15-22(35-2)16-12-19)27(32)28(33,17-23(30)36-3)29(25)20-7-5-4-6-8-20/h4-16,33H,17H2,1-3H3. The molecule has 3 aromatic carbocycles. The van der Waals surface area contributed by atoms with Crippen molar-refractivity contribution in [1.82, 2.24) is 0 Å². The Hall–Kier alpha value is -4.43. The first-order chi connectivity index (χ1) is 17.3. The number of carbonyl (C=O) groups excluding carboxylic acids is 3. The minimum Gasteiger partial charge on any atom is -0.497 e. The van der Waals surface area contributed by atoms with E-state index in [2.05, 4.69) is 0 Å². The Morgan fingerprint density at radius 1 is 0.833 bits per heavy atom. The van der Waals surface area contributed by atoms with E-state index in [0.29, 0.717) is 22.7 Å². The Labute approximate surface area is 208 Å². The van der Waals surface area contributed by atoms with Gasteiger partial charge in [-0.05, 0) is 66.2 Å². The summed E-state index contributed by atoms with van der Waals surface area (Å²) in [5.41, 5.74) is -1.35.